The molecule has 0 amide bonds. The number of nitrogens with zero attached hydrogens (tertiary/aromatic N) is 3. The van der Waals surface area contributed by atoms with Gasteiger partial charge in [0, 0.05) is 6.07 Å². The molecular weight excluding hydrogens is 382 g/mol. The first kappa shape index (κ1) is 19.2. The van der Waals surface area contributed by atoms with Crippen molar-refractivity contribution in [3.63, 3.8) is 0 Å². The molecular formula is C23H19N3O4. The van der Waals surface area contributed by atoms with Crippen LogP contribution in [0.25, 0.3) is 34.2 Å². The van der Waals surface area contributed by atoms with Crippen LogP contribution < -0.4 is 9.47 Å². The lowest BCUT2D eigenvalue weighted by Gasteiger charge is -2.12. The zero-order valence-corrected chi connectivity index (χ0v) is 16.4. The molecule has 0 saturated heterocycles. The van der Waals surface area contributed by atoms with E-state index in [1.807, 2.05) is 48.5 Å². The maximum absolute atomic E-state index is 10.4. The van der Waals surface area contributed by atoms with Crippen LogP contribution in [0.2, 0.25) is 0 Å². The first-order chi connectivity index (χ1) is 14.6. The molecule has 0 aliphatic heterocycles. The van der Waals surface area contributed by atoms with Crippen molar-refractivity contribution in [2.24, 2.45) is 0 Å². The van der Waals surface area contributed by atoms with Gasteiger partial charge in [-0.05, 0) is 36.4 Å². The van der Waals surface area contributed by atoms with Gasteiger partial charge in [0.2, 0.25) is 0 Å². The summed E-state index contributed by atoms with van der Waals surface area (Å²) in [7, 11) is 3.15. The van der Waals surface area contributed by atoms with E-state index in [1.165, 1.54) is 12.1 Å². The molecule has 0 saturated carbocycles. The normalized spacial score (nSPS) is 10.6. The highest BCUT2D eigenvalue weighted by Crippen LogP contribution is 2.35. The number of methoxy groups -OCH3 is 2. The lowest BCUT2D eigenvalue weighted by molar-refractivity contribution is 0.416. The maximum atomic E-state index is 10.4. The molecule has 0 bridgehead atoms. The van der Waals surface area contributed by atoms with Gasteiger partial charge in [0.05, 0.1) is 30.9 Å². The predicted octanol–water partition coefficient (Wildman–Crippen LogP) is 4.30. The molecule has 1 heterocycles. The third-order valence-electron chi connectivity index (χ3n) is 4.55. The van der Waals surface area contributed by atoms with Crippen molar-refractivity contribution >= 4 is 0 Å². The minimum atomic E-state index is -0.141. The fraction of sp³-hybridized carbons (Fsp3) is 0.0870. The van der Waals surface area contributed by atoms with Crippen molar-refractivity contribution in [2.75, 3.05) is 14.2 Å². The third-order valence-corrected chi connectivity index (χ3v) is 4.55. The highest BCUT2D eigenvalue weighted by Gasteiger charge is 2.18. The van der Waals surface area contributed by atoms with Crippen molar-refractivity contribution in [2.45, 2.75) is 0 Å². The Morgan fingerprint density at radius 3 is 1.53 bits per heavy atom. The Bertz CT molecular complexity index is 1140. The van der Waals surface area contributed by atoms with E-state index in [-0.39, 0.29) is 17.3 Å². The minimum absolute atomic E-state index is 0.0554. The van der Waals surface area contributed by atoms with Crippen LogP contribution in [0.5, 0.6) is 23.0 Å². The number of phenols is 2. The van der Waals surface area contributed by atoms with E-state index >= 15 is 0 Å². The summed E-state index contributed by atoms with van der Waals surface area (Å²) in [6.45, 7) is 0. The first-order valence-electron chi connectivity index (χ1n) is 9.16. The predicted molar refractivity (Wildman–Crippen MR) is 113 cm³/mol. The second kappa shape index (κ2) is 8.08. The molecule has 0 fully saturated rings. The molecule has 150 valence electrons. The Morgan fingerprint density at radius 2 is 1.07 bits per heavy atom. The van der Waals surface area contributed by atoms with Crippen LogP contribution >= 0.6 is 0 Å². The van der Waals surface area contributed by atoms with E-state index in [2.05, 4.69) is 15.0 Å². The van der Waals surface area contributed by atoms with Gasteiger partial charge in [-0.25, -0.2) is 15.0 Å². The Labute approximate surface area is 173 Å². The topological polar surface area (TPSA) is 97.6 Å². The molecule has 0 aliphatic rings. The van der Waals surface area contributed by atoms with E-state index in [0.29, 0.717) is 39.8 Å². The average Bonchev–Trinajstić information content (AvgIpc) is 2.78. The van der Waals surface area contributed by atoms with Gasteiger partial charge in [-0.2, -0.15) is 0 Å². The molecule has 3 aromatic carbocycles. The van der Waals surface area contributed by atoms with Crippen LogP contribution in [-0.2, 0) is 0 Å². The summed E-state index contributed by atoms with van der Waals surface area (Å²) in [5, 5.41) is 20.0. The van der Waals surface area contributed by atoms with Crippen molar-refractivity contribution in [1.82, 2.24) is 15.0 Å². The number of ether oxygens (including phenoxy) is 2. The van der Waals surface area contributed by atoms with Gasteiger partial charge in [-0.15, -0.1) is 0 Å². The number of aromatic nitrogens is 3. The number of phenolic OH excluding ortho intramolecular Hbond substituents is 2. The van der Waals surface area contributed by atoms with Gasteiger partial charge in [0.1, 0.15) is 23.0 Å². The first-order valence-corrected chi connectivity index (χ1v) is 9.16. The van der Waals surface area contributed by atoms with Crippen molar-refractivity contribution in [3.05, 3.63) is 66.7 Å². The molecule has 0 unspecified atom stereocenters. The van der Waals surface area contributed by atoms with Gasteiger partial charge in [-0.1, -0.05) is 24.3 Å². The zero-order valence-electron chi connectivity index (χ0n) is 16.4. The van der Waals surface area contributed by atoms with E-state index in [9.17, 15) is 10.2 Å². The number of hydrogen-bond donors (Lipinski definition) is 2. The van der Waals surface area contributed by atoms with Crippen molar-refractivity contribution in [3.8, 4) is 57.2 Å². The maximum Gasteiger partial charge on any atom is 0.167 e. The van der Waals surface area contributed by atoms with E-state index in [0.717, 1.165) is 0 Å². The fourth-order valence-electron chi connectivity index (χ4n) is 3.11. The SMILES string of the molecule is COc1ccccc1-c1nc(-c2ccc(O)cc2O)nc(-c2ccccc2OC)n1. The minimum Gasteiger partial charge on any atom is -0.508 e. The van der Waals surface area contributed by atoms with Gasteiger partial charge in [-0.3, -0.25) is 0 Å². The molecule has 0 atom stereocenters. The molecule has 7 nitrogen and oxygen atoms in total. The highest BCUT2D eigenvalue weighted by molar-refractivity contribution is 5.73. The second-order valence-corrected chi connectivity index (χ2v) is 6.41. The van der Waals surface area contributed by atoms with E-state index < -0.39 is 0 Å². The molecule has 4 aromatic rings. The standard InChI is InChI=1S/C23H19N3O4/c1-29-19-9-5-3-7-16(19)22-24-21(15-12-11-14(27)13-18(15)28)25-23(26-22)17-8-4-6-10-20(17)30-2/h3-13,27-28H,1-2H3. The molecule has 0 aliphatic carbocycles. The quantitative estimate of drug-likeness (QED) is 0.514. The number of hydrogen-bond acceptors (Lipinski definition) is 7. The van der Waals surface area contributed by atoms with Crippen LogP contribution in [0.1, 0.15) is 0 Å². The molecule has 4 rings (SSSR count). The largest absolute Gasteiger partial charge is 0.508 e. The van der Waals surface area contributed by atoms with Crippen molar-refractivity contribution in [1.29, 1.82) is 0 Å². The highest BCUT2D eigenvalue weighted by atomic mass is 16.5. The summed E-state index contributed by atoms with van der Waals surface area (Å²) in [6.07, 6.45) is 0. The lowest BCUT2D eigenvalue weighted by atomic mass is 10.1. The molecule has 0 radical (unpaired) electrons. The van der Waals surface area contributed by atoms with Crippen LogP contribution in [0, 0.1) is 0 Å². The Balaban J connectivity index is 1.99. The monoisotopic (exact) mass is 401 g/mol. The van der Waals surface area contributed by atoms with Gasteiger partial charge < -0.3 is 19.7 Å². The number of aromatic hydroxyl groups is 2. The number of rotatable bonds is 5. The summed E-state index contributed by atoms with van der Waals surface area (Å²) < 4.78 is 10.9. The summed E-state index contributed by atoms with van der Waals surface area (Å²) in [6, 6.07) is 19.0. The Kier molecular flexibility index (Phi) is 5.17. The summed E-state index contributed by atoms with van der Waals surface area (Å²) in [5.74, 6) is 2.03. The summed E-state index contributed by atoms with van der Waals surface area (Å²) in [4.78, 5) is 13.8. The fourth-order valence-corrected chi connectivity index (χ4v) is 3.11. The van der Waals surface area contributed by atoms with E-state index in [4.69, 9.17) is 9.47 Å². The Morgan fingerprint density at radius 1 is 0.600 bits per heavy atom. The molecule has 30 heavy (non-hydrogen) atoms. The number of para-hydroxylation sites is 2. The molecule has 2 N–H and O–H groups in total. The van der Waals surface area contributed by atoms with Crippen LogP contribution in [0.15, 0.2) is 66.7 Å². The van der Waals surface area contributed by atoms with Gasteiger partial charge >= 0.3 is 0 Å². The van der Waals surface area contributed by atoms with Crippen molar-refractivity contribution < 1.29 is 19.7 Å². The molecule has 7 heteroatoms. The van der Waals surface area contributed by atoms with Gasteiger partial charge in [0.25, 0.3) is 0 Å². The second-order valence-electron chi connectivity index (χ2n) is 6.41. The summed E-state index contributed by atoms with van der Waals surface area (Å²) in [5.41, 5.74) is 1.72. The van der Waals surface area contributed by atoms with Crippen LogP contribution in [0.3, 0.4) is 0 Å². The average molecular weight is 401 g/mol. The Hall–Kier alpha value is -4.13. The molecule has 1 aromatic heterocycles. The molecule has 0 spiro atoms. The smallest absolute Gasteiger partial charge is 0.167 e. The van der Waals surface area contributed by atoms with Gasteiger partial charge in [0.15, 0.2) is 17.5 Å². The number of benzene rings is 3. The third kappa shape index (κ3) is 3.60. The van der Waals surface area contributed by atoms with Crippen LogP contribution in [-0.4, -0.2) is 39.4 Å². The lowest BCUT2D eigenvalue weighted by Crippen LogP contribution is -2.02. The zero-order chi connectivity index (χ0) is 21.1. The van der Waals surface area contributed by atoms with Crippen LogP contribution in [0.4, 0.5) is 0 Å². The van der Waals surface area contributed by atoms with E-state index in [1.54, 1.807) is 20.3 Å². The summed E-state index contributed by atoms with van der Waals surface area (Å²) >= 11 is 0.